The second kappa shape index (κ2) is 9.14. The number of fused-ring (bicyclic) bond motifs is 1. The van der Waals surface area contributed by atoms with E-state index in [9.17, 15) is 19.5 Å². The maximum Gasteiger partial charge on any atom is 0.311 e. The summed E-state index contributed by atoms with van der Waals surface area (Å²) in [4.78, 5) is 44.1. The standard InChI is InChI=1S/C23H36N2O5S/c1-6-12-24(15(3)4)20(28)18-23-11-10-22(5,31-23)17(21(29)30-7-2)16(23)19(27)25(18)13-8-9-14-26/h6,15-18,26H,1,7-14H2,2-5H3/t16-,17+,18?,22-,23?/m0/s1. The van der Waals surface area contributed by atoms with E-state index in [0.717, 1.165) is 12.8 Å². The molecule has 2 unspecified atom stereocenters. The number of aliphatic hydroxyl groups is 1. The number of amides is 2. The molecule has 3 aliphatic heterocycles. The number of nitrogens with zero attached hydrogens (tertiary/aromatic N) is 2. The topological polar surface area (TPSA) is 87.2 Å². The molecule has 0 aromatic heterocycles. The minimum absolute atomic E-state index is 0.0320. The first-order valence-electron chi connectivity index (χ1n) is 11.4. The van der Waals surface area contributed by atoms with E-state index in [4.69, 9.17) is 4.74 Å². The number of ether oxygens (including phenoxy) is 1. The molecule has 1 N–H and O–H groups in total. The average Bonchev–Trinajstić information content (AvgIpc) is 3.27. The van der Waals surface area contributed by atoms with Crippen molar-refractivity contribution in [2.75, 3.05) is 26.3 Å². The minimum Gasteiger partial charge on any atom is -0.466 e. The highest BCUT2D eigenvalue weighted by molar-refractivity contribution is 8.02. The van der Waals surface area contributed by atoms with Crippen LogP contribution < -0.4 is 0 Å². The third-order valence-electron chi connectivity index (χ3n) is 7.09. The summed E-state index contributed by atoms with van der Waals surface area (Å²) in [5, 5.41) is 9.23. The van der Waals surface area contributed by atoms with Gasteiger partial charge in [0.1, 0.15) is 6.04 Å². The van der Waals surface area contributed by atoms with Crippen LogP contribution in [0.15, 0.2) is 12.7 Å². The largest absolute Gasteiger partial charge is 0.466 e. The van der Waals surface area contributed by atoms with Gasteiger partial charge in [0.05, 0.1) is 23.2 Å². The normalized spacial score (nSPS) is 33.7. The van der Waals surface area contributed by atoms with Gasteiger partial charge in [0, 0.05) is 30.5 Å². The number of hydrogen-bond acceptors (Lipinski definition) is 6. The van der Waals surface area contributed by atoms with Gasteiger partial charge in [-0.2, -0.15) is 0 Å². The van der Waals surface area contributed by atoms with Crippen LogP contribution in [0, 0.1) is 11.8 Å². The molecular formula is C23H36N2O5S. The fourth-order valence-electron chi connectivity index (χ4n) is 5.78. The van der Waals surface area contributed by atoms with Crippen molar-refractivity contribution in [2.45, 2.75) is 75.0 Å². The highest BCUT2D eigenvalue weighted by atomic mass is 32.2. The Balaban J connectivity index is 2.04. The molecule has 3 aliphatic rings. The van der Waals surface area contributed by atoms with Gasteiger partial charge in [-0.15, -0.1) is 18.3 Å². The second-order valence-electron chi connectivity index (χ2n) is 9.31. The van der Waals surface area contributed by atoms with Gasteiger partial charge < -0.3 is 19.6 Å². The van der Waals surface area contributed by atoms with Crippen molar-refractivity contribution >= 4 is 29.5 Å². The lowest BCUT2D eigenvalue weighted by atomic mass is 9.66. The van der Waals surface area contributed by atoms with Crippen molar-refractivity contribution in [3.05, 3.63) is 12.7 Å². The maximum atomic E-state index is 13.9. The summed E-state index contributed by atoms with van der Waals surface area (Å²) in [6.07, 6.45) is 4.40. The Labute approximate surface area is 189 Å². The minimum atomic E-state index is -0.617. The summed E-state index contributed by atoms with van der Waals surface area (Å²) >= 11 is 1.66. The molecule has 3 saturated heterocycles. The molecule has 31 heavy (non-hydrogen) atoms. The van der Waals surface area contributed by atoms with Crippen LogP contribution in [-0.2, 0) is 19.1 Å². The van der Waals surface area contributed by atoms with Crippen LogP contribution in [0.4, 0.5) is 0 Å². The fraction of sp³-hybridized carbons (Fsp3) is 0.783. The predicted octanol–water partition coefficient (Wildman–Crippen LogP) is 2.23. The number of carbonyl (C=O) groups is 3. The van der Waals surface area contributed by atoms with E-state index in [0.29, 0.717) is 25.9 Å². The molecule has 1 spiro atoms. The van der Waals surface area contributed by atoms with E-state index in [2.05, 4.69) is 6.58 Å². The van der Waals surface area contributed by atoms with Crippen molar-refractivity contribution in [3.8, 4) is 0 Å². The first kappa shape index (κ1) is 24.1. The summed E-state index contributed by atoms with van der Waals surface area (Å²) in [5.41, 5.74) is 0. The first-order chi connectivity index (χ1) is 14.7. The van der Waals surface area contributed by atoms with Crippen LogP contribution >= 0.6 is 11.8 Å². The molecule has 5 atom stereocenters. The summed E-state index contributed by atoms with van der Waals surface area (Å²) in [6, 6.07) is -0.646. The van der Waals surface area contributed by atoms with E-state index in [1.54, 1.807) is 34.6 Å². The molecule has 0 aliphatic carbocycles. The van der Waals surface area contributed by atoms with Gasteiger partial charge in [0.15, 0.2) is 0 Å². The molecule has 3 fully saturated rings. The van der Waals surface area contributed by atoms with E-state index < -0.39 is 27.4 Å². The van der Waals surface area contributed by atoms with Gasteiger partial charge in [0.2, 0.25) is 11.8 Å². The SMILES string of the molecule is C=CCN(C(=O)C1N(CCCCO)C(=O)[C@@H]2[C@H](C(=O)OCC)[C@]3(C)CCC12S3)C(C)C. The fourth-order valence-corrected chi connectivity index (χ4v) is 8.12. The van der Waals surface area contributed by atoms with Gasteiger partial charge in [0.25, 0.3) is 0 Å². The van der Waals surface area contributed by atoms with Crippen LogP contribution in [0.1, 0.15) is 53.4 Å². The van der Waals surface area contributed by atoms with E-state index >= 15 is 0 Å². The molecule has 174 valence electrons. The van der Waals surface area contributed by atoms with Crippen molar-refractivity contribution < 1.29 is 24.2 Å². The number of hydrogen-bond donors (Lipinski definition) is 1. The number of carbonyl (C=O) groups excluding carboxylic acids is 3. The molecule has 0 saturated carbocycles. The first-order valence-corrected chi connectivity index (χ1v) is 12.2. The molecular weight excluding hydrogens is 416 g/mol. The lowest BCUT2D eigenvalue weighted by Crippen LogP contribution is -2.56. The number of likely N-dealkylation sites (tertiary alicyclic amines) is 1. The Hall–Kier alpha value is -1.54. The van der Waals surface area contributed by atoms with Gasteiger partial charge in [-0.3, -0.25) is 14.4 Å². The Kier molecular flexibility index (Phi) is 7.11. The smallest absolute Gasteiger partial charge is 0.311 e. The van der Waals surface area contributed by atoms with Gasteiger partial charge >= 0.3 is 5.97 Å². The number of thioether (sulfide) groups is 1. The Bertz CT molecular complexity index is 743. The Morgan fingerprint density at radius 2 is 2.10 bits per heavy atom. The van der Waals surface area contributed by atoms with Crippen LogP contribution in [0.3, 0.4) is 0 Å². The molecule has 3 heterocycles. The van der Waals surface area contributed by atoms with Crippen LogP contribution in [0.5, 0.6) is 0 Å². The number of rotatable bonds is 10. The van der Waals surface area contributed by atoms with Gasteiger partial charge in [-0.25, -0.2) is 0 Å². The molecule has 8 heteroatoms. The molecule has 3 rings (SSSR count). The Morgan fingerprint density at radius 1 is 1.39 bits per heavy atom. The summed E-state index contributed by atoms with van der Waals surface area (Å²) < 4.78 is 4.37. The summed E-state index contributed by atoms with van der Waals surface area (Å²) in [5.74, 6) is -1.60. The zero-order chi connectivity index (χ0) is 23.0. The van der Waals surface area contributed by atoms with Crippen molar-refractivity contribution in [1.29, 1.82) is 0 Å². The monoisotopic (exact) mass is 452 g/mol. The van der Waals surface area contributed by atoms with Gasteiger partial charge in [-0.05, 0) is 53.4 Å². The number of unbranched alkanes of at least 4 members (excludes halogenated alkanes) is 1. The maximum absolute atomic E-state index is 13.9. The molecule has 0 aromatic carbocycles. The molecule has 2 bridgehead atoms. The lowest BCUT2D eigenvalue weighted by Gasteiger charge is -2.38. The highest BCUT2D eigenvalue weighted by Crippen LogP contribution is 2.71. The average molecular weight is 453 g/mol. The van der Waals surface area contributed by atoms with E-state index in [-0.39, 0.29) is 37.0 Å². The van der Waals surface area contributed by atoms with E-state index in [1.165, 1.54) is 0 Å². The molecule has 7 nitrogen and oxygen atoms in total. The summed E-state index contributed by atoms with van der Waals surface area (Å²) in [7, 11) is 0. The molecule has 0 aromatic rings. The zero-order valence-corrected chi connectivity index (χ0v) is 20.0. The van der Waals surface area contributed by atoms with Gasteiger partial charge in [-0.1, -0.05) is 6.08 Å². The molecule has 2 amide bonds. The second-order valence-corrected chi connectivity index (χ2v) is 11.2. The predicted molar refractivity (Wildman–Crippen MR) is 120 cm³/mol. The van der Waals surface area contributed by atoms with Crippen LogP contribution in [0.2, 0.25) is 0 Å². The lowest BCUT2D eigenvalue weighted by molar-refractivity contribution is -0.155. The highest BCUT2D eigenvalue weighted by Gasteiger charge is 2.77. The van der Waals surface area contributed by atoms with E-state index in [1.807, 2.05) is 20.8 Å². The number of aliphatic hydroxyl groups excluding tert-OH is 1. The van der Waals surface area contributed by atoms with Crippen LogP contribution in [-0.4, -0.2) is 80.6 Å². The van der Waals surface area contributed by atoms with Crippen molar-refractivity contribution in [2.24, 2.45) is 11.8 Å². The zero-order valence-electron chi connectivity index (χ0n) is 19.1. The molecule has 0 radical (unpaired) electrons. The van der Waals surface area contributed by atoms with Crippen molar-refractivity contribution in [3.63, 3.8) is 0 Å². The van der Waals surface area contributed by atoms with Crippen molar-refractivity contribution in [1.82, 2.24) is 9.80 Å². The summed E-state index contributed by atoms with van der Waals surface area (Å²) in [6.45, 7) is 12.7. The number of esters is 1. The van der Waals surface area contributed by atoms with Crippen LogP contribution in [0.25, 0.3) is 0 Å². The third-order valence-corrected chi connectivity index (χ3v) is 9.08. The quantitative estimate of drug-likeness (QED) is 0.311. The third kappa shape index (κ3) is 3.80. The Morgan fingerprint density at radius 3 is 2.68 bits per heavy atom.